The number of thiazole rings is 1. The lowest BCUT2D eigenvalue weighted by atomic mass is 10.1. The van der Waals surface area contributed by atoms with Crippen LogP contribution >= 0.6 is 27.3 Å². The number of carboxylic acid groups (broad SMARTS) is 1. The van der Waals surface area contributed by atoms with Crippen LogP contribution in [-0.2, 0) is 14.8 Å². The SMILES string of the molecule is Cc1nc(S(=O)(=O)N2CCCCC2C(=O)O)sc1Br. The second-order valence-corrected chi connectivity index (χ2v) is 8.69. The van der Waals surface area contributed by atoms with Crippen molar-refractivity contribution in [3.8, 4) is 0 Å². The molecule has 1 N–H and O–H groups in total. The Morgan fingerprint density at radius 3 is 2.74 bits per heavy atom. The van der Waals surface area contributed by atoms with Crippen LogP contribution in [0.4, 0.5) is 0 Å². The monoisotopic (exact) mass is 368 g/mol. The van der Waals surface area contributed by atoms with Gasteiger partial charge in [-0.15, -0.1) is 0 Å². The highest BCUT2D eigenvalue weighted by molar-refractivity contribution is 9.11. The molecule has 1 fully saturated rings. The van der Waals surface area contributed by atoms with Crippen molar-refractivity contribution in [1.29, 1.82) is 0 Å². The lowest BCUT2D eigenvalue weighted by Crippen LogP contribution is -2.47. The van der Waals surface area contributed by atoms with Crippen molar-refractivity contribution in [2.75, 3.05) is 6.54 Å². The van der Waals surface area contributed by atoms with E-state index in [4.69, 9.17) is 5.11 Å². The summed E-state index contributed by atoms with van der Waals surface area (Å²) in [6.07, 6.45) is 1.75. The number of halogens is 1. The van der Waals surface area contributed by atoms with E-state index in [1.165, 1.54) is 0 Å². The van der Waals surface area contributed by atoms with Crippen molar-refractivity contribution in [3.05, 3.63) is 9.48 Å². The van der Waals surface area contributed by atoms with E-state index in [1.807, 2.05) is 0 Å². The molecule has 1 aliphatic heterocycles. The molecule has 6 nitrogen and oxygen atoms in total. The van der Waals surface area contributed by atoms with E-state index >= 15 is 0 Å². The molecule has 2 rings (SSSR count). The van der Waals surface area contributed by atoms with Gasteiger partial charge >= 0.3 is 5.97 Å². The fourth-order valence-corrected chi connectivity index (χ4v) is 5.72. The summed E-state index contributed by atoms with van der Waals surface area (Å²) in [6.45, 7) is 1.93. The number of hydrogen-bond donors (Lipinski definition) is 1. The number of aryl methyl sites for hydroxylation is 1. The molecule has 0 bridgehead atoms. The number of piperidine rings is 1. The third-order valence-corrected chi connectivity index (χ3v) is 7.26. The maximum absolute atomic E-state index is 12.5. The molecular formula is C10H13BrN2O4S2. The molecular weight excluding hydrogens is 356 g/mol. The molecule has 9 heteroatoms. The molecule has 0 spiro atoms. The minimum Gasteiger partial charge on any atom is -0.480 e. The maximum Gasteiger partial charge on any atom is 0.322 e. The van der Waals surface area contributed by atoms with Crippen molar-refractivity contribution in [3.63, 3.8) is 0 Å². The van der Waals surface area contributed by atoms with Crippen LogP contribution in [0.25, 0.3) is 0 Å². The largest absolute Gasteiger partial charge is 0.480 e. The summed E-state index contributed by atoms with van der Waals surface area (Å²) < 4.78 is 26.6. The molecule has 1 saturated heterocycles. The summed E-state index contributed by atoms with van der Waals surface area (Å²) >= 11 is 4.25. The lowest BCUT2D eigenvalue weighted by molar-refractivity contribution is -0.142. The third kappa shape index (κ3) is 2.83. The van der Waals surface area contributed by atoms with Gasteiger partial charge in [0.1, 0.15) is 6.04 Å². The van der Waals surface area contributed by atoms with Gasteiger partial charge in [-0.25, -0.2) is 13.4 Å². The van der Waals surface area contributed by atoms with Crippen LogP contribution in [0, 0.1) is 6.92 Å². The van der Waals surface area contributed by atoms with E-state index in [-0.39, 0.29) is 10.9 Å². The highest BCUT2D eigenvalue weighted by atomic mass is 79.9. The minimum atomic E-state index is -3.83. The molecule has 106 valence electrons. The zero-order valence-electron chi connectivity index (χ0n) is 10.2. The summed E-state index contributed by atoms with van der Waals surface area (Å²) in [7, 11) is -3.83. The fraction of sp³-hybridized carbons (Fsp3) is 0.600. The van der Waals surface area contributed by atoms with E-state index in [1.54, 1.807) is 6.92 Å². The number of sulfonamides is 1. The maximum atomic E-state index is 12.5. The number of nitrogens with zero attached hydrogens (tertiary/aromatic N) is 2. The van der Waals surface area contributed by atoms with Crippen LogP contribution in [0.5, 0.6) is 0 Å². The first-order chi connectivity index (χ1) is 8.84. The van der Waals surface area contributed by atoms with Crippen LogP contribution in [0.15, 0.2) is 8.13 Å². The Morgan fingerprint density at radius 1 is 1.53 bits per heavy atom. The van der Waals surface area contributed by atoms with E-state index in [0.717, 1.165) is 22.1 Å². The standard InChI is InChI=1S/C10H13BrN2O4S2/c1-6-8(11)18-10(12-6)19(16,17)13-5-3-2-4-7(13)9(14)15/h7H,2-5H2,1H3,(H,14,15). The Morgan fingerprint density at radius 2 is 2.21 bits per heavy atom. The summed E-state index contributed by atoms with van der Waals surface area (Å²) in [5.74, 6) is -1.10. The van der Waals surface area contributed by atoms with E-state index < -0.39 is 22.0 Å². The van der Waals surface area contributed by atoms with Crippen molar-refractivity contribution >= 4 is 43.3 Å². The third-order valence-electron chi connectivity index (χ3n) is 2.99. The summed E-state index contributed by atoms with van der Waals surface area (Å²) in [4.78, 5) is 15.2. The van der Waals surface area contributed by atoms with Crippen LogP contribution in [0.1, 0.15) is 25.0 Å². The zero-order valence-corrected chi connectivity index (χ0v) is 13.4. The molecule has 1 aromatic rings. The van der Waals surface area contributed by atoms with Crippen LogP contribution in [-0.4, -0.2) is 41.4 Å². The van der Waals surface area contributed by atoms with Gasteiger partial charge in [0, 0.05) is 6.54 Å². The van der Waals surface area contributed by atoms with E-state index in [0.29, 0.717) is 22.3 Å². The van der Waals surface area contributed by atoms with Gasteiger partial charge in [0.15, 0.2) is 0 Å². The predicted octanol–water partition coefficient (Wildman–Crippen LogP) is 1.84. The number of rotatable bonds is 3. The second kappa shape index (κ2) is 5.47. The number of carbonyl (C=O) groups is 1. The van der Waals surface area contributed by atoms with Gasteiger partial charge < -0.3 is 5.11 Å². The molecule has 0 radical (unpaired) electrons. The molecule has 0 aromatic carbocycles. The molecule has 0 aliphatic carbocycles. The molecule has 1 aromatic heterocycles. The molecule has 1 aliphatic rings. The second-order valence-electron chi connectivity index (χ2n) is 4.30. The Kier molecular flexibility index (Phi) is 4.29. The van der Waals surface area contributed by atoms with Gasteiger partial charge in [0.2, 0.25) is 4.34 Å². The Labute approximate surface area is 123 Å². The fourth-order valence-electron chi connectivity index (χ4n) is 2.00. The number of carboxylic acids is 1. The molecule has 0 amide bonds. The van der Waals surface area contributed by atoms with E-state index in [9.17, 15) is 13.2 Å². The van der Waals surface area contributed by atoms with Crippen LogP contribution in [0.2, 0.25) is 0 Å². The van der Waals surface area contributed by atoms with Crippen molar-refractivity contribution in [2.45, 2.75) is 36.6 Å². The first-order valence-electron chi connectivity index (χ1n) is 5.71. The highest BCUT2D eigenvalue weighted by Crippen LogP contribution is 2.32. The van der Waals surface area contributed by atoms with Gasteiger partial charge in [0.25, 0.3) is 10.0 Å². The minimum absolute atomic E-state index is 0.0509. The first kappa shape index (κ1) is 14.9. The van der Waals surface area contributed by atoms with Gasteiger partial charge in [0.05, 0.1) is 9.48 Å². The smallest absolute Gasteiger partial charge is 0.322 e. The Hall–Kier alpha value is -0.510. The van der Waals surface area contributed by atoms with Gasteiger partial charge in [-0.3, -0.25) is 4.79 Å². The Bertz CT molecular complexity index is 579. The quantitative estimate of drug-likeness (QED) is 0.879. The van der Waals surface area contributed by atoms with Gasteiger partial charge in [-0.2, -0.15) is 4.31 Å². The van der Waals surface area contributed by atoms with Gasteiger partial charge in [-0.1, -0.05) is 11.3 Å². The number of aliphatic carboxylic acids is 1. The number of aromatic nitrogens is 1. The summed E-state index contributed by atoms with van der Waals surface area (Å²) in [5.41, 5.74) is 0.590. The molecule has 1 unspecified atom stereocenters. The average Bonchev–Trinajstić information content (AvgIpc) is 2.70. The van der Waals surface area contributed by atoms with E-state index in [2.05, 4.69) is 20.9 Å². The molecule has 19 heavy (non-hydrogen) atoms. The molecule has 1 atom stereocenters. The molecule has 0 saturated carbocycles. The van der Waals surface area contributed by atoms with Crippen molar-refractivity contribution < 1.29 is 18.3 Å². The van der Waals surface area contributed by atoms with Gasteiger partial charge in [-0.05, 0) is 42.1 Å². The molecule has 2 heterocycles. The predicted molar refractivity (Wildman–Crippen MR) is 73.7 cm³/mol. The zero-order chi connectivity index (χ0) is 14.2. The van der Waals surface area contributed by atoms with Crippen LogP contribution < -0.4 is 0 Å². The Balaban J connectivity index is 2.39. The normalized spacial score (nSPS) is 21.5. The number of hydrogen-bond acceptors (Lipinski definition) is 5. The topological polar surface area (TPSA) is 87.6 Å². The highest BCUT2D eigenvalue weighted by Gasteiger charge is 2.39. The summed E-state index contributed by atoms with van der Waals surface area (Å²) in [6, 6.07) is -0.985. The lowest BCUT2D eigenvalue weighted by Gasteiger charge is -2.30. The first-order valence-corrected chi connectivity index (χ1v) is 8.76. The summed E-state index contributed by atoms with van der Waals surface area (Å²) in [5, 5.41) is 9.15. The van der Waals surface area contributed by atoms with Crippen LogP contribution in [0.3, 0.4) is 0 Å². The average molecular weight is 369 g/mol. The van der Waals surface area contributed by atoms with Crippen molar-refractivity contribution in [2.24, 2.45) is 0 Å². The van der Waals surface area contributed by atoms with Crippen molar-refractivity contribution in [1.82, 2.24) is 9.29 Å².